The number of nitrogens with one attached hydrogen (secondary N) is 1. The molecule has 0 saturated heterocycles. The molecule has 5 heteroatoms. The number of hydrogen-bond acceptors (Lipinski definition) is 2. The minimum atomic E-state index is -0.617. The second kappa shape index (κ2) is 5.82. The van der Waals surface area contributed by atoms with E-state index in [0.717, 1.165) is 0 Å². The summed E-state index contributed by atoms with van der Waals surface area (Å²) in [6, 6.07) is 5.62. The smallest absolute Gasteiger partial charge is 0.231 e. The van der Waals surface area contributed by atoms with Gasteiger partial charge >= 0.3 is 0 Å². The van der Waals surface area contributed by atoms with Crippen molar-refractivity contribution < 1.29 is 9.18 Å². The third-order valence-corrected chi connectivity index (χ3v) is 2.23. The zero-order chi connectivity index (χ0) is 11.5. The van der Waals surface area contributed by atoms with E-state index in [4.69, 9.17) is 5.73 Å². The van der Waals surface area contributed by atoms with Crippen LogP contribution in [0.4, 0.5) is 10.1 Å². The summed E-state index contributed by atoms with van der Waals surface area (Å²) in [6.45, 7) is 3.78. The van der Waals surface area contributed by atoms with Crippen LogP contribution in [0.1, 0.15) is 13.8 Å². The summed E-state index contributed by atoms with van der Waals surface area (Å²) >= 11 is 0. The van der Waals surface area contributed by atoms with Gasteiger partial charge in [-0.3, -0.25) is 4.79 Å². The van der Waals surface area contributed by atoms with Crippen molar-refractivity contribution in [1.82, 2.24) is 0 Å². The fourth-order valence-corrected chi connectivity index (χ4v) is 0.926. The van der Waals surface area contributed by atoms with Crippen molar-refractivity contribution in [2.75, 3.05) is 11.9 Å². The van der Waals surface area contributed by atoms with Crippen molar-refractivity contribution in [3.63, 3.8) is 0 Å². The number of hydrogen-bond donors (Lipinski definition) is 2. The maximum atomic E-state index is 12.6. The standard InChI is InChI=1S/C11H15FN2O.ClH/c1-11(2,7-13)10(15)14-9-5-3-8(12)4-6-9;/h3-6H,7,13H2,1-2H3,(H,14,15);1H. The Kier molecular flexibility index (Phi) is 5.41. The van der Waals surface area contributed by atoms with E-state index in [-0.39, 0.29) is 30.7 Å². The van der Waals surface area contributed by atoms with E-state index in [1.807, 2.05) is 0 Å². The lowest BCUT2D eigenvalue weighted by molar-refractivity contribution is -0.123. The number of carbonyl (C=O) groups excluding carboxylic acids is 1. The minimum Gasteiger partial charge on any atom is -0.329 e. The Labute approximate surface area is 101 Å². The molecule has 0 aliphatic heterocycles. The summed E-state index contributed by atoms with van der Waals surface area (Å²) in [4.78, 5) is 11.7. The Hall–Kier alpha value is -1.13. The Balaban J connectivity index is 0.00000225. The summed E-state index contributed by atoms with van der Waals surface area (Å²) in [5.41, 5.74) is 5.42. The van der Waals surface area contributed by atoms with Gasteiger partial charge in [-0.25, -0.2) is 4.39 Å². The average molecular weight is 247 g/mol. The zero-order valence-electron chi connectivity index (χ0n) is 9.29. The first-order chi connectivity index (χ1) is 6.95. The fourth-order valence-electron chi connectivity index (χ4n) is 0.926. The topological polar surface area (TPSA) is 55.1 Å². The molecule has 1 aromatic carbocycles. The van der Waals surface area contributed by atoms with Crippen LogP contribution in [0.25, 0.3) is 0 Å². The molecule has 3 N–H and O–H groups in total. The molecule has 3 nitrogen and oxygen atoms in total. The van der Waals surface area contributed by atoms with Crippen molar-refractivity contribution in [2.24, 2.45) is 11.1 Å². The molecule has 16 heavy (non-hydrogen) atoms. The quantitative estimate of drug-likeness (QED) is 0.859. The Morgan fingerprint density at radius 1 is 1.38 bits per heavy atom. The number of halogens is 2. The molecule has 1 aromatic rings. The fraction of sp³-hybridized carbons (Fsp3) is 0.364. The van der Waals surface area contributed by atoms with Crippen molar-refractivity contribution in [2.45, 2.75) is 13.8 Å². The van der Waals surface area contributed by atoms with Gasteiger partial charge in [0.15, 0.2) is 0 Å². The third-order valence-electron chi connectivity index (χ3n) is 2.23. The number of benzene rings is 1. The molecule has 0 aliphatic carbocycles. The lowest BCUT2D eigenvalue weighted by atomic mass is 9.92. The van der Waals surface area contributed by atoms with E-state index in [2.05, 4.69) is 5.32 Å². The Bertz CT molecular complexity index is 352. The van der Waals surface area contributed by atoms with Gasteiger partial charge in [-0.15, -0.1) is 12.4 Å². The molecule has 1 rings (SSSR count). The predicted molar refractivity (Wildman–Crippen MR) is 65.1 cm³/mol. The zero-order valence-corrected chi connectivity index (χ0v) is 10.1. The molecule has 0 unspecified atom stereocenters. The minimum absolute atomic E-state index is 0. The van der Waals surface area contributed by atoms with Gasteiger partial charge in [0.25, 0.3) is 0 Å². The van der Waals surface area contributed by atoms with Crippen LogP contribution >= 0.6 is 12.4 Å². The highest BCUT2D eigenvalue weighted by Gasteiger charge is 2.25. The van der Waals surface area contributed by atoms with E-state index in [1.54, 1.807) is 13.8 Å². The summed E-state index contributed by atoms with van der Waals surface area (Å²) in [7, 11) is 0. The van der Waals surface area contributed by atoms with Gasteiger partial charge in [0, 0.05) is 12.2 Å². The average Bonchev–Trinajstić information content (AvgIpc) is 2.21. The summed E-state index contributed by atoms with van der Waals surface area (Å²) in [5, 5.41) is 2.67. The molecule has 90 valence electrons. The molecule has 0 bridgehead atoms. The monoisotopic (exact) mass is 246 g/mol. The number of carbonyl (C=O) groups is 1. The number of amides is 1. The van der Waals surface area contributed by atoms with Crippen molar-refractivity contribution >= 4 is 24.0 Å². The maximum Gasteiger partial charge on any atom is 0.231 e. The molecule has 0 atom stereocenters. The first kappa shape index (κ1) is 14.9. The summed E-state index contributed by atoms with van der Waals surface area (Å²) < 4.78 is 12.6. The molecule has 0 fully saturated rings. The lowest BCUT2D eigenvalue weighted by Gasteiger charge is -2.21. The second-order valence-corrected chi connectivity index (χ2v) is 4.05. The highest BCUT2D eigenvalue weighted by molar-refractivity contribution is 5.94. The van der Waals surface area contributed by atoms with Crippen LogP contribution < -0.4 is 11.1 Å². The van der Waals surface area contributed by atoms with Crippen LogP contribution in [0.15, 0.2) is 24.3 Å². The molecule has 0 heterocycles. The maximum absolute atomic E-state index is 12.6. The van der Waals surface area contributed by atoms with Crippen LogP contribution in [-0.2, 0) is 4.79 Å². The van der Waals surface area contributed by atoms with Gasteiger partial charge in [-0.2, -0.15) is 0 Å². The molecule has 0 aliphatic rings. The van der Waals surface area contributed by atoms with E-state index < -0.39 is 5.41 Å². The highest BCUT2D eigenvalue weighted by atomic mass is 35.5. The summed E-state index contributed by atoms with van der Waals surface area (Å²) in [6.07, 6.45) is 0. The SMILES string of the molecule is CC(C)(CN)C(=O)Nc1ccc(F)cc1.Cl. The molecular weight excluding hydrogens is 231 g/mol. The van der Waals surface area contributed by atoms with Crippen molar-refractivity contribution in [1.29, 1.82) is 0 Å². The second-order valence-electron chi connectivity index (χ2n) is 4.05. The molecule has 0 aromatic heterocycles. The van der Waals surface area contributed by atoms with Gasteiger partial charge in [0.1, 0.15) is 5.82 Å². The number of nitrogens with two attached hydrogens (primary N) is 1. The molecule has 0 spiro atoms. The normalized spacial score (nSPS) is 10.5. The van der Waals surface area contributed by atoms with Crippen LogP contribution in [0.5, 0.6) is 0 Å². The largest absolute Gasteiger partial charge is 0.329 e. The van der Waals surface area contributed by atoms with Crippen molar-refractivity contribution in [3.8, 4) is 0 Å². The summed E-state index contributed by atoms with van der Waals surface area (Å²) in [5.74, 6) is -0.498. The van der Waals surface area contributed by atoms with Gasteiger partial charge in [0.05, 0.1) is 5.41 Å². The van der Waals surface area contributed by atoms with Gasteiger partial charge in [-0.1, -0.05) is 0 Å². The highest BCUT2D eigenvalue weighted by Crippen LogP contribution is 2.17. The van der Waals surface area contributed by atoms with E-state index in [9.17, 15) is 9.18 Å². The first-order valence-electron chi connectivity index (χ1n) is 4.73. The molecule has 1 amide bonds. The van der Waals surface area contributed by atoms with E-state index in [1.165, 1.54) is 24.3 Å². The van der Waals surface area contributed by atoms with Crippen LogP contribution in [0, 0.1) is 11.2 Å². The molecular formula is C11H16ClFN2O. The third kappa shape index (κ3) is 3.79. The van der Waals surface area contributed by atoms with E-state index in [0.29, 0.717) is 5.69 Å². The van der Waals surface area contributed by atoms with Crippen LogP contribution in [-0.4, -0.2) is 12.5 Å². The van der Waals surface area contributed by atoms with Crippen LogP contribution in [0.2, 0.25) is 0 Å². The van der Waals surface area contributed by atoms with Gasteiger partial charge in [0.2, 0.25) is 5.91 Å². The van der Waals surface area contributed by atoms with Crippen LogP contribution in [0.3, 0.4) is 0 Å². The van der Waals surface area contributed by atoms with Gasteiger partial charge < -0.3 is 11.1 Å². The predicted octanol–water partition coefficient (Wildman–Crippen LogP) is 2.17. The van der Waals surface area contributed by atoms with E-state index >= 15 is 0 Å². The number of rotatable bonds is 3. The van der Waals surface area contributed by atoms with Gasteiger partial charge in [-0.05, 0) is 38.1 Å². The Morgan fingerprint density at radius 3 is 2.31 bits per heavy atom. The lowest BCUT2D eigenvalue weighted by Crippen LogP contribution is -2.37. The Morgan fingerprint density at radius 2 is 1.88 bits per heavy atom. The molecule has 0 saturated carbocycles. The number of anilines is 1. The molecule has 0 radical (unpaired) electrons. The van der Waals surface area contributed by atoms with Crippen molar-refractivity contribution in [3.05, 3.63) is 30.1 Å². The first-order valence-corrected chi connectivity index (χ1v) is 4.73.